The molecule has 0 saturated heterocycles. The van der Waals surface area contributed by atoms with E-state index >= 15 is 0 Å². The second-order valence-corrected chi connectivity index (χ2v) is 7.04. The van der Waals surface area contributed by atoms with Gasteiger partial charge < -0.3 is 5.32 Å². The quantitative estimate of drug-likeness (QED) is 0.744. The van der Waals surface area contributed by atoms with Crippen LogP contribution in [0.1, 0.15) is 0 Å². The van der Waals surface area contributed by atoms with Crippen molar-refractivity contribution >= 4 is 18.9 Å². The summed E-state index contributed by atoms with van der Waals surface area (Å²) in [5.41, 5.74) is 7.07. The van der Waals surface area contributed by atoms with E-state index < -0.39 is 8.07 Å². The molecule has 15 heavy (non-hydrogen) atoms. The van der Waals surface area contributed by atoms with Crippen LogP contribution >= 0.6 is 0 Å². The first kappa shape index (κ1) is 11.5. The zero-order valence-electron chi connectivity index (χ0n) is 9.16. The highest BCUT2D eigenvalue weighted by Crippen LogP contribution is 2.11. The van der Waals surface area contributed by atoms with E-state index in [1.54, 1.807) is 0 Å². The second-order valence-electron chi connectivity index (χ2n) is 3.38. The molecule has 0 fully saturated rings. The zero-order valence-corrected chi connectivity index (χ0v) is 10.2. The van der Waals surface area contributed by atoms with E-state index in [-0.39, 0.29) is 0 Å². The molecular weight excluding hydrogens is 198 g/mol. The number of hydrogen-bond acceptors (Lipinski definition) is 1. The molecule has 0 radical (unpaired) electrons. The van der Waals surface area contributed by atoms with Gasteiger partial charge in [-0.25, -0.2) is 0 Å². The van der Waals surface area contributed by atoms with Gasteiger partial charge in [-0.05, 0) is 17.3 Å². The summed E-state index contributed by atoms with van der Waals surface area (Å²) in [6.45, 7) is 11.7. The standard InChI is InChI=1S/C13H17NSi/c1-5-15(6-2,7-3)13-10-8-9-12(11-13)14-4/h5-11,14H,1-3H2,4H3. The maximum Gasteiger partial charge on any atom is 0.156 e. The fourth-order valence-electron chi connectivity index (χ4n) is 1.55. The highest BCUT2D eigenvalue weighted by molar-refractivity contribution is 7.03. The molecule has 78 valence electrons. The van der Waals surface area contributed by atoms with E-state index in [1.165, 1.54) is 5.19 Å². The molecule has 0 atom stereocenters. The van der Waals surface area contributed by atoms with Gasteiger partial charge in [0.15, 0.2) is 8.07 Å². The normalized spacial score (nSPS) is 10.5. The van der Waals surface area contributed by atoms with Gasteiger partial charge in [0.2, 0.25) is 0 Å². The largest absolute Gasteiger partial charge is 0.388 e. The Hall–Kier alpha value is -1.54. The van der Waals surface area contributed by atoms with E-state index in [0.717, 1.165) is 5.69 Å². The lowest BCUT2D eigenvalue weighted by Gasteiger charge is -2.20. The molecule has 1 rings (SSSR count). The topological polar surface area (TPSA) is 12.0 Å². The molecule has 1 aromatic rings. The fourth-order valence-corrected chi connectivity index (χ4v) is 3.55. The zero-order chi connectivity index (χ0) is 11.3. The Bertz CT molecular complexity index is 360. The minimum absolute atomic E-state index is 1.11. The average molecular weight is 215 g/mol. The van der Waals surface area contributed by atoms with Crippen LogP contribution in [0.2, 0.25) is 0 Å². The molecule has 0 bridgehead atoms. The van der Waals surface area contributed by atoms with Crippen molar-refractivity contribution in [1.29, 1.82) is 0 Å². The Balaban J connectivity index is 3.28. The Kier molecular flexibility index (Phi) is 3.69. The summed E-state index contributed by atoms with van der Waals surface area (Å²) in [4.78, 5) is 0. The van der Waals surface area contributed by atoms with Gasteiger partial charge in [-0.3, -0.25) is 0 Å². The maximum atomic E-state index is 3.91. The van der Waals surface area contributed by atoms with Crippen molar-refractivity contribution in [3.63, 3.8) is 0 Å². The first-order chi connectivity index (χ1) is 7.22. The molecule has 1 N–H and O–H groups in total. The van der Waals surface area contributed by atoms with E-state index in [0.29, 0.717) is 0 Å². The summed E-state index contributed by atoms with van der Waals surface area (Å²) in [6.07, 6.45) is 0. The molecule has 0 aliphatic heterocycles. The van der Waals surface area contributed by atoms with Crippen molar-refractivity contribution in [3.05, 3.63) is 61.1 Å². The predicted octanol–water partition coefficient (Wildman–Crippen LogP) is 2.56. The number of nitrogens with one attached hydrogen (secondary N) is 1. The van der Waals surface area contributed by atoms with Gasteiger partial charge in [0.05, 0.1) is 0 Å². The van der Waals surface area contributed by atoms with Crippen molar-refractivity contribution < 1.29 is 0 Å². The van der Waals surface area contributed by atoms with Crippen molar-refractivity contribution in [2.45, 2.75) is 0 Å². The van der Waals surface area contributed by atoms with Crippen molar-refractivity contribution in [1.82, 2.24) is 0 Å². The van der Waals surface area contributed by atoms with Crippen molar-refractivity contribution in [3.8, 4) is 0 Å². The van der Waals surface area contributed by atoms with Crippen LogP contribution in [-0.2, 0) is 0 Å². The molecule has 0 aliphatic rings. The van der Waals surface area contributed by atoms with Crippen LogP contribution in [0, 0.1) is 0 Å². The number of hydrogen-bond donors (Lipinski definition) is 1. The van der Waals surface area contributed by atoms with Crippen molar-refractivity contribution in [2.75, 3.05) is 12.4 Å². The molecule has 0 heterocycles. The van der Waals surface area contributed by atoms with Crippen LogP contribution in [0.4, 0.5) is 5.69 Å². The van der Waals surface area contributed by atoms with Crippen LogP contribution in [0.15, 0.2) is 61.1 Å². The lowest BCUT2D eigenvalue weighted by molar-refractivity contribution is 1.52. The fraction of sp³-hybridized carbons (Fsp3) is 0.0769. The van der Waals surface area contributed by atoms with E-state index in [9.17, 15) is 0 Å². The molecule has 0 aliphatic carbocycles. The molecular formula is C13H17NSi. The molecule has 0 amide bonds. The van der Waals surface area contributed by atoms with E-state index in [2.05, 4.69) is 37.2 Å². The summed E-state index contributed by atoms with van der Waals surface area (Å²) in [5.74, 6) is 0. The summed E-state index contributed by atoms with van der Waals surface area (Å²) < 4.78 is 0. The molecule has 1 aromatic carbocycles. The van der Waals surface area contributed by atoms with Gasteiger partial charge in [-0.1, -0.05) is 29.2 Å². The van der Waals surface area contributed by atoms with Crippen LogP contribution in [0.3, 0.4) is 0 Å². The Morgan fingerprint density at radius 2 is 1.73 bits per heavy atom. The maximum absolute atomic E-state index is 3.91. The van der Waals surface area contributed by atoms with Gasteiger partial charge >= 0.3 is 0 Å². The van der Waals surface area contributed by atoms with Gasteiger partial charge in [-0.15, -0.1) is 19.7 Å². The van der Waals surface area contributed by atoms with Gasteiger partial charge in [0.1, 0.15) is 0 Å². The SMILES string of the molecule is C=C[Si](C=C)(C=C)c1cccc(NC)c1. The third-order valence-electron chi connectivity index (χ3n) is 2.66. The summed E-state index contributed by atoms with van der Waals surface area (Å²) in [6, 6.07) is 8.33. The minimum Gasteiger partial charge on any atom is -0.388 e. The number of benzene rings is 1. The first-order valence-electron chi connectivity index (χ1n) is 4.91. The Morgan fingerprint density at radius 1 is 1.13 bits per heavy atom. The molecule has 0 aromatic heterocycles. The highest BCUT2D eigenvalue weighted by atomic mass is 28.3. The number of anilines is 1. The predicted molar refractivity (Wildman–Crippen MR) is 72.0 cm³/mol. The Labute approximate surface area is 92.8 Å². The Morgan fingerprint density at radius 3 is 2.20 bits per heavy atom. The van der Waals surface area contributed by atoms with E-state index in [1.807, 2.05) is 36.3 Å². The molecule has 1 nitrogen and oxygen atoms in total. The van der Waals surface area contributed by atoms with Gasteiger partial charge in [0, 0.05) is 12.7 Å². The van der Waals surface area contributed by atoms with Crippen LogP contribution in [-0.4, -0.2) is 15.1 Å². The monoisotopic (exact) mass is 215 g/mol. The third-order valence-corrected chi connectivity index (χ3v) is 6.00. The van der Waals surface area contributed by atoms with Gasteiger partial charge in [0.25, 0.3) is 0 Å². The van der Waals surface area contributed by atoms with Crippen LogP contribution < -0.4 is 10.5 Å². The van der Waals surface area contributed by atoms with Crippen LogP contribution in [0.5, 0.6) is 0 Å². The lowest BCUT2D eigenvalue weighted by atomic mass is 10.3. The van der Waals surface area contributed by atoms with Crippen molar-refractivity contribution in [2.24, 2.45) is 0 Å². The van der Waals surface area contributed by atoms with E-state index in [4.69, 9.17) is 0 Å². The lowest BCUT2D eigenvalue weighted by Crippen LogP contribution is -2.42. The third kappa shape index (κ3) is 2.10. The van der Waals surface area contributed by atoms with Gasteiger partial charge in [-0.2, -0.15) is 0 Å². The summed E-state index contributed by atoms with van der Waals surface area (Å²) in [5, 5.41) is 4.39. The number of rotatable bonds is 5. The van der Waals surface area contributed by atoms with Crippen LogP contribution in [0.25, 0.3) is 0 Å². The smallest absolute Gasteiger partial charge is 0.156 e. The first-order valence-corrected chi connectivity index (χ1v) is 7.14. The molecule has 0 spiro atoms. The highest BCUT2D eigenvalue weighted by Gasteiger charge is 2.24. The summed E-state index contributed by atoms with van der Waals surface area (Å²) >= 11 is 0. The molecule has 0 saturated carbocycles. The average Bonchev–Trinajstić information content (AvgIpc) is 2.32. The minimum atomic E-state index is -1.89. The second kappa shape index (κ2) is 4.80. The molecule has 0 unspecified atom stereocenters. The molecule has 2 heteroatoms. The summed E-state index contributed by atoms with van der Waals surface area (Å²) in [7, 11) is 0.0253.